The summed E-state index contributed by atoms with van der Waals surface area (Å²) < 4.78 is 2.78. The van der Waals surface area contributed by atoms with Gasteiger partial charge in [0.2, 0.25) is 0 Å². The molecule has 56 valence electrons. The first-order valence-corrected chi connectivity index (χ1v) is 5.09. The summed E-state index contributed by atoms with van der Waals surface area (Å²) >= 11 is 5.17. The number of aryl methyl sites for hydroxylation is 1. The molecule has 0 atom stereocenters. The first kappa shape index (κ1) is 8.14. The van der Waals surface area contributed by atoms with Crippen LogP contribution in [0, 0.1) is 0 Å². The lowest BCUT2D eigenvalue weighted by Gasteiger charge is -1.89. The summed E-state index contributed by atoms with van der Waals surface area (Å²) in [4.78, 5) is 0. The molecular weight excluding hydrogens is 212 g/mol. The monoisotopic (exact) mass is 220 g/mol. The summed E-state index contributed by atoms with van der Waals surface area (Å²) in [5.41, 5.74) is 1.26. The molecule has 1 heterocycles. The smallest absolute Gasteiger partial charge is 0.132 e. The van der Waals surface area contributed by atoms with E-state index in [1.165, 1.54) is 5.56 Å². The molecule has 1 aromatic rings. The SMILES string of the molecule is CSCc1cn(C)nc1Br. The second-order valence-corrected chi connectivity index (χ2v) is 3.67. The van der Waals surface area contributed by atoms with Crippen LogP contribution in [-0.4, -0.2) is 16.0 Å². The van der Waals surface area contributed by atoms with Gasteiger partial charge in [0.25, 0.3) is 0 Å². The average molecular weight is 221 g/mol. The Labute approximate surface area is 73.1 Å². The first-order chi connectivity index (χ1) is 4.74. The largest absolute Gasteiger partial charge is 0.274 e. The Bertz CT molecular complexity index is 222. The minimum atomic E-state index is 0.962. The Morgan fingerprint density at radius 1 is 1.80 bits per heavy atom. The Morgan fingerprint density at radius 2 is 2.50 bits per heavy atom. The highest BCUT2D eigenvalue weighted by molar-refractivity contribution is 9.10. The zero-order valence-electron chi connectivity index (χ0n) is 5.97. The van der Waals surface area contributed by atoms with Gasteiger partial charge in [-0.25, -0.2) is 0 Å². The van der Waals surface area contributed by atoms with E-state index in [1.807, 2.05) is 17.9 Å². The van der Waals surface area contributed by atoms with Crippen molar-refractivity contribution in [3.8, 4) is 0 Å². The summed E-state index contributed by atoms with van der Waals surface area (Å²) in [6.07, 6.45) is 4.11. The molecule has 0 spiro atoms. The number of nitrogens with zero attached hydrogens (tertiary/aromatic N) is 2. The molecule has 1 aromatic heterocycles. The molecule has 0 bridgehead atoms. The van der Waals surface area contributed by atoms with Gasteiger partial charge in [0.1, 0.15) is 4.60 Å². The second kappa shape index (κ2) is 3.44. The Hall–Kier alpha value is 0.0400. The molecule has 2 nitrogen and oxygen atoms in total. The van der Waals surface area contributed by atoms with E-state index in [0.29, 0.717) is 0 Å². The van der Waals surface area contributed by atoms with E-state index in [2.05, 4.69) is 27.3 Å². The standard InChI is InChI=1S/C6H9BrN2S/c1-9-3-5(4-10-2)6(7)8-9/h3H,4H2,1-2H3. The third-order valence-corrected chi connectivity index (χ3v) is 2.42. The van der Waals surface area contributed by atoms with Gasteiger partial charge in [-0.15, -0.1) is 0 Å². The van der Waals surface area contributed by atoms with Crippen molar-refractivity contribution >= 4 is 27.7 Å². The lowest BCUT2D eigenvalue weighted by atomic mass is 10.4. The summed E-state index contributed by atoms with van der Waals surface area (Å²) in [7, 11) is 1.93. The molecule has 0 saturated heterocycles. The van der Waals surface area contributed by atoms with E-state index in [4.69, 9.17) is 0 Å². The number of hydrogen-bond acceptors (Lipinski definition) is 2. The van der Waals surface area contributed by atoms with Crippen LogP contribution in [-0.2, 0) is 12.8 Å². The zero-order chi connectivity index (χ0) is 7.56. The third-order valence-electron chi connectivity index (χ3n) is 1.15. The van der Waals surface area contributed by atoms with Gasteiger partial charge in [-0.2, -0.15) is 16.9 Å². The maximum atomic E-state index is 4.15. The third kappa shape index (κ3) is 1.76. The van der Waals surface area contributed by atoms with Crippen LogP contribution >= 0.6 is 27.7 Å². The topological polar surface area (TPSA) is 17.8 Å². The van der Waals surface area contributed by atoms with Gasteiger partial charge in [-0.1, -0.05) is 0 Å². The highest BCUT2D eigenvalue weighted by atomic mass is 79.9. The van der Waals surface area contributed by atoms with E-state index >= 15 is 0 Å². The predicted octanol–water partition coefficient (Wildman–Crippen LogP) is 2.05. The van der Waals surface area contributed by atoms with Crippen molar-refractivity contribution in [1.82, 2.24) is 9.78 Å². The molecular formula is C6H9BrN2S. The van der Waals surface area contributed by atoms with Crippen molar-refractivity contribution in [2.24, 2.45) is 7.05 Å². The van der Waals surface area contributed by atoms with Gasteiger partial charge in [0, 0.05) is 24.6 Å². The summed E-state index contributed by atoms with van der Waals surface area (Å²) in [5, 5.41) is 4.15. The number of aromatic nitrogens is 2. The fourth-order valence-electron chi connectivity index (χ4n) is 0.763. The second-order valence-electron chi connectivity index (χ2n) is 2.05. The van der Waals surface area contributed by atoms with Crippen LogP contribution in [0.3, 0.4) is 0 Å². The first-order valence-electron chi connectivity index (χ1n) is 2.91. The molecule has 10 heavy (non-hydrogen) atoms. The molecule has 4 heteroatoms. The molecule has 0 aliphatic heterocycles. The fraction of sp³-hybridized carbons (Fsp3) is 0.500. The van der Waals surface area contributed by atoms with Crippen molar-refractivity contribution in [1.29, 1.82) is 0 Å². The molecule has 0 aliphatic carbocycles. The summed E-state index contributed by atoms with van der Waals surface area (Å²) in [6.45, 7) is 0. The Morgan fingerprint density at radius 3 is 2.90 bits per heavy atom. The maximum Gasteiger partial charge on any atom is 0.132 e. The van der Waals surface area contributed by atoms with Crippen LogP contribution in [0.15, 0.2) is 10.8 Å². The number of rotatable bonds is 2. The van der Waals surface area contributed by atoms with Gasteiger partial charge < -0.3 is 0 Å². The number of hydrogen-bond donors (Lipinski definition) is 0. The van der Waals surface area contributed by atoms with E-state index < -0.39 is 0 Å². The normalized spacial score (nSPS) is 10.3. The quantitative estimate of drug-likeness (QED) is 0.760. The average Bonchev–Trinajstić information content (AvgIpc) is 2.13. The van der Waals surface area contributed by atoms with Crippen molar-refractivity contribution < 1.29 is 0 Å². The van der Waals surface area contributed by atoms with Gasteiger partial charge in [-0.05, 0) is 22.2 Å². The lowest BCUT2D eigenvalue weighted by molar-refractivity contribution is 0.760. The zero-order valence-corrected chi connectivity index (χ0v) is 8.37. The van der Waals surface area contributed by atoms with E-state index in [1.54, 1.807) is 11.8 Å². The highest BCUT2D eigenvalue weighted by Crippen LogP contribution is 2.17. The van der Waals surface area contributed by atoms with Gasteiger partial charge >= 0.3 is 0 Å². The van der Waals surface area contributed by atoms with Crippen LogP contribution in [0.5, 0.6) is 0 Å². The number of halogens is 1. The number of thioether (sulfide) groups is 1. The molecule has 0 aliphatic rings. The molecule has 1 rings (SSSR count). The minimum absolute atomic E-state index is 0.962. The molecule has 0 aromatic carbocycles. The lowest BCUT2D eigenvalue weighted by Crippen LogP contribution is -1.84. The van der Waals surface area contributed by atoms with E-state index in [-0.39, 0.29) is 0 Å². The van der Waals surface area contributed by atoms with E-state index in [0.717, 1.165) is 10.4 Å². The molecule has 0 unspecified atom stereocenters. The van der Waals surface area contributed by atoms with Gasteiger partial charge in [-0.3, -0.25) is 4.68 Å². The molecule has 0 N–H and O–H groups in total. The highest BCUT2D eigenvalue weighted by Gasteiger charge is 2.01. The Balaban J connectivity index is 2.81. The molecule has 0 saturated carbocycles. The fourth-order valence-corrected chi connectivity index (χ4v) is 1.96. The van der Waals surface area contributed by atoms with E-state index in [9.17, 15) is 0 Å². The van der Waals surface area contributed by atoms with Crippen molar-refractivity contribution in [2.75, 3.05) is 6.26 Å². The van der Waals surface area contributed by atoms with Crippen LogP contribution in [0.1, 0.15) is 5.56 Å². The van der Waals surface area contributed by atoms with Crippen molar-refractivity contribution in [3.63, 3.8) is 0 Å². The van der Waals surface area contributed by atoms with Crippen LogP contribution in [0.25, 0.3) is 0 Å². The molecule has 0 amide bonds. The molecule has 0 fully saturated rings. The predicted molar refractivity (Wildman–Crippen MR) is 48.1 cm³/mol. The van der Waals surface area contributed by atoms with Gasteiger partial charge in [0.15, 0.2) is 0 Å². The van der Waals surface area contributed by atoms with Crippen LogP contribution in [0.4, 0.5) is 0 Å². The minimum Gasteiger partial charge on any atom is -0.274 e. The summed E-state index contributed by atoms with van der Waals surface area (Å²) in [6, 6.07) is 0. The van der Waals surface area contributed by atoms with Crippen LogP contribution < -0.4 is 0 Å². The van der Waals surface area contributed by atoms with Crippen LogP contribution in [0.2, 0.25) is 0 Å². The van der Waals surface area contributed by atoms with Gasteiger partial charge in [0.05, 0.1) is 0 Å². The molecule has 0 radical (unpaired) electrons. The van der Waals surface area contributed by atoms with Crippen molar-refractivity contribution in [2.45, 2.75) is 5.75 Å². The Kier molecular flexibility index (Phi) is 2.80. The van der Waals surface area contributed by atoms with Crippen molar-refractivity contribution in [3.05, 3.63) is 16.4 Å². The summed E-state index contributed by atoms with van der Waals surface area (Å²) in [5.74, 6) is 1.02. The maximum absolute atomic E-state index is 4.15.